The van der Waals surface area contributed by atoms with Gasteiger partial charge in [-0.25, -0.2) is 0 Å². The van der Waals surface area contributed by atoms with Crippen molar-refractivity contribution in [3.63, 3.8) is 0 Å². The minimum absolute atomic E-state index is 0.0732. The Balaban J connectivity index is 1.66. The van der Waals surface area contributed by atoms with Crippen LogP contribution in [0.15, 0.2) is 30.3 Å². The molecule has 2 aliphatic rings. The molecule has 6 heteroatoms. The highest BCUT2D eigenvalue weighted by atomic mass is 32.2. The summed E-state index contributed by atoms with van der Waals surface area (Å²) in [5.74, 6) is 0.899. The van der Waals surface area contributed by atoms with Gasteiger partial charge in [0.25, 0.3) is 0 Å². The lowest BCUT2D eigenvalue weighted by atomic mass is 10.1. The Morgan fingerprint density at radius 1 is 1.23 bits per heavy atom. The van der Waals surface area contributed by atoms with Crippen LogP contribution in [-0.4, -0.2) is 59.9 Å². The molecule has 1 aromatic carbocycles. The molecule has 2 amide bonds. The number of thioether (sulfide) groups is 1. The molecule has 0 aliphatic carbocycles. The first-order valence-corrected chi connectivity index (χ1v) is 10.9. The molecule has 3 rings (SSSR count). The third-order valence-electron chi connectivity index (χ3n) is 5.36. The summed E-state index contributed by atoms with van der Waals surface area (Å²) in [5.41, 5.74) is 0.972. The van der Waals surface area contributed by atoms with Crippen molar-refractivity contribution in [2.45, 2.75) is 50.2 Å². The molecule has 2 bridgehead atoms. The van der Waals surface area contributed by atoms with E-state index < -0.39 is 6.04 Å². The van der Waals surface area contributed by atoms with E-state index in [1.807, 2.05) is 36.6 Å². The standard InChI is InChI=1S/C20H29N3O2S/c1-26-12-10-18(22-19(24)13-15-5-3-2-4-6-15)20(25)23-16-7-8-17(23)14-21-11-9-16/h2-6,16-18,21H,7-14H2,1H3,(H,22,24). The normalized spacial score (nSPS) is 23.3. The molecule has 2 saturated heterocycles. The summed E-state index contributed by atoms with van der Waals surface area (Å²) in [5, 5.41) is 6.46. The highest BCUT2D eigenvalue weighted by Gasteiger charge is 2.40. The van der Waals surface area contributed by atoms with E-state index in [9.17, 15) is 9.59 Å². The van der Waals surface area contributed by atoms with Crippen molar-refractivity contribution in [1.29, 1.82) is 0 Å². The van der Waals surface area contributed by atoms with Gasteiger partial charge in [0, 0.05) is 18.6 Å². The van der Waals surface area contributed by atoms with Crippen molar-refractivity contribution < 1.29 is 9.59 Å². The van der Waals surface area contributed by atoms with Gasteiger partial charge < -0.3 is 15.5 Å². The summed E-state index contributed by atoms with van der Waals surface area (Å²) in [4.78, 5) is 27.9. The second-order valence-corrected chi connectivity index (χ2v) is 8.17. The van der Waals surface area contributed by atoms with Crippen molar-refractivity contribution in [2.75, 3.05) is 25.1 Å². The first-order chi connectivity index (χ1) is 12.7. The van der Waals surface area contributed by atoms with Crippen LogP contribution in [-0.2, 0) is 16.0 Å². The summed E-state index contributed by atoms with van der Waals surface area (Å²) < 4.78 is 0. The fourth-order valence-corrected chi connectivity index (χ4v) is 4.51. The van der Waals surface area contributed by atoms with E-state index in [2.05, 4.69) is 15.5 Å². The van der Waals surface area contributed by atoms with Crippen molar-refractivity contribution >= 4 is 23.6 Å². The van der Waals surface area contributed by atoms with E-state index in [1.165, 1.54) is 0 Å². The molecular formula is C20H29N3O2S. The van der Waals surface area contributed by atoms with E-state index >= 15 is 0 Å². The summed E-state index contributed by atoms with van der Waals surface area (Å²) in [6.07, 6.45) is 6.20. The molecule has 1 aromatic rings. The van der Waals surface area contributed by atoms with Crippen LogP contribution in [0.2, 0.25) is 0 Å². The maximum atomic E-state index is 13.3. The monoisotopic (exact) mass is 375 g/mol. The van der Waals surface area contributed by atoms with Crippen LogP contribution in [0.3, 0.4) is 0 Å². The average Bonchev–Trinajstić information content (AvgIpc) is 2.91. The summed E-state index contributed by atoms with van der Waals surface area (Å²) in [6.45, 7) is 1.84. The number of rotatable bonds is 7. The van der Waals surface area contributed by atoms with Gasteiger partial charge in [0.15, 0.2) is 0 Å². The second-order valence-electron chi connectivity index (χ2n) is 7.19. The van der Waals surface area contributed by atoms with Crippen molar-refractivity contribution in [1.82, 2.24) is 15.5 Å². The number of nitrogens with zero attached hydrogens (tertiary/aromatic N) is 1. The number of carbonyl (C=O) groups is 2. The van der Waals surface area contributed by atoms with Gasteiger partial charge in [-0.3, -0.25) is 9.59 Å². The predicted octanol–water partition coefficient (Wildman–Crippen LogP) is 1.82. The Labute approximate surface area is 160 Å². The van der Waals surface area contributed by atoms with Crippen molar-refractivity contribution in [2.24, 2.45) is 0 Å². The fraction of sp³-hybridized carbons (Fsp3) is 0.600. The summed E-state index contributed by atoms with van der Waals surface area (Å²) >= 11 is 1.71. The van der Waals surface area contributed by atoms with E-state index in [-0.39, 0.29) is 17.9 Å². The van der Waals surface area contributed by atoms with E-state index in [0.29, 0.717) is 18.9 Å². The summed E-state index contributed by atoms with van der Waals surface area (Å²) in [7, 11) is 0. The lowest BCUT2D eigenvalue weighted by Gasteiger charge is -2.32. The molecule has 0 spiro atoms. The van der Waals surface area contributed by atoms with Crippen LogP contribution < -0.4 is 10.6 Å². The second kappa shape index (κ2) is 9.42. The number of nitrogens with one attached hydrogen (secondary N) is 2. The summed E-state index contributed by atoms with van der Waals surface area (Å²) in [6, 6.07) is 9.87. The van der Waals surface area contributed by atoms with E-state index in [1.54, 1.807) is 11.8 Å². The fourth-order valence-electron chi connectivity index (χ4n) is 4.04. The Kier molecular flexibility index (Phi) is 6.97. The van der Waals surface area contributed by atoms with Crippen LogP contribution in [0, 0.1) is 0 Å². The SMILES string of the molecule is CSCCC(NC(=O)Cc1ccccc1)C(=O)N1C2CCNCC1CC2. The van der Waals surface area contributed by atoms with Gasteiger partial charge in [-0.15, -0.1) is 0 Å². The van der Waals surface area contributed by atoms with Gasteiger partial charge in [0.05, 0.1) is 6.42 Å². The maximum Gasteiger partial charge on any atom is 0.245 e. The molecule has 2 N–H and O–H groups in total. The number of benzene rings is 1. The molecule has 5 nitrogen and oxygen atoms in total. The molecular weight excluding hydrogens is 346 g/mol. The highest BCUT2D eigenvalue weighted by Crippen LogP contribution is 2.29. The topological polar surface area (TPSA) is 61.4 Å². The van der Waals surface area contributed by atoms with Gasteiger partial charge in [-0.2, -0.15) is 11.8 Å². The van der Waals surface area contributed by atoms with E-state index in [4.69, 9.17) is 0 Å². The third kappa shape index (κ3) is 4.80. The molecule has 2 aliphatic heterocycles. The zero-order valence-electron chi connectivity index (χ0n) is 15.4. The van der Waals surface area contributed by atoms with Crippen LogP contribution >= 0.6 is 11.8 Å². The minimum atomic E-state index is -0.417. The molecule has 2 fully saturated rings. The predicted molar refractivity (Wildman–Crippen MR) is 106 cm³/mol. The van der Waals surface area contributed by atoms with Crippen LogP contribution in [0.4, 0.5) is 0 Å². The molecule has 3 unspecified atom stereocenters. The third-order valence-corrected chi connectivity index (χ3v) is 6.00. The first-order valence-electron chi connectivity index (χ1n) is 9.54. The van der Waals surface area contributed by atoms with Crippen molar-refractivity contribution in [3.8, 4) is 0 Å². The Morgan fingerprint density at radius 3 is 2.77 bits per heavy atom. The molecule has 0 aromatic heterocycles. The Hall–Kier alpha value is -1.53. The van der Waals surface area contributed by atoms with Crippen LogP contribution in [0.25, 0.3) is 0 Å². The lowest BCUT2D eigenvalue weighted by Crippen LogP contribution is -2.53. The van der Waals surface area contributed by atoms with Gasteiger partial charge in [-0.1, -0.05) is 30.3 Å². The quantitative estimate of drug-likeness (QED) is 0.763. The van der Waals surface area contributed by atoms with Gasteiger partial charge in [0.2, 0.25) is 11.8 Å². The number of carbonyl (C=O) groups excluding carboxylic acids is 2. The lowest BCUT2D eigenvalue weighted by molar-refractivity contribution is -0.138. The Bertz CT molecular complexity index is 596. The smallest absolute Gasteiger partial charge is 0.245 e. The largest absolute Gasteiger partial charge is 0.344 e. The minimum Gasteiger partial charge on any atom is -0.344 e. The first kappa shape index (κ1) is 19.2. The van der Waals surface area contributed by atoms with Crippen molar-refractivity contribution in [3.05, 3.63) is 35.9 Å². The molecule has 3 atom stereocenters. The number of amides is 2. The van der Waals surface area contributed by atoms with Crippen LogP contribution in [0.1, 0.15) is 31.2 Å². The number of hydrogen-bond donors (Lipinski definition) is 2. The average molecular weight is 376 g/mol. The molecule has 26 heavy (non-hydrogen) atoms. The molecule has 0 saturated carbocycles. The van der Waals surface area contributed by atoms with Crippen LogP contribution in [0.5, 0.6) is 0 Å². The molecule has 0 radical (unpaired) electrons. The number of fused-ring (bicyclic) bond motifs is 2. The highest BCUT2D eigenvalue weighted by molar-refractivity contribution is 7.98. The van der Waals surface area contributed by atoms with Gasteiger partial charge in [0.1, 0.15) is 6.04 Å². The molecule has 2 heterocycles. The van der Waals surface area contributed by atoms with E-state index in [0.717, 1.165) is 43.7 Å². The van der Waals surface area contributed by atoms with Gasteiger partial charge in [-0.05, 0) is 49.8 Å². The molecule has 142 valence electrons. The maximum absolute atomic E-state index is 13.3. The Morgan fingerprint density at radius 2 is 2.00 bits per heavy atom. The zero-order chi connectivity index (χ0) is 18.4. The zero-order valence-corrected chi connectivity index (χ0v) is 16.3. The number of hydrogen-bond acceptors (Lipinski definition) is 4. The van der Waals surface area contributed by atoms with Gasteiger partial charge >= 0.3 is 0 Å².